The van der Waals surface area contributed by atoms with Crippen molar-refractivity contribution in [3.8, 4) is 0 Å². The van der Waals surface area contributed by atoms with Crippen molar-refractivity contribution >= 4 is 11.8 Å². The Morgan fingerprint density at radius 2 is 1.65 bits per heavy atom. The van der Waals surface area contributed by atoms with Crippen molar-refractivity contribution in [1.82, 2.24) is 9.80 Å². The molecular formula is C13H26N2O2. The molecule has 1 rings (SSSR count). The molecule has 1 aliphatic rings. The van der Waals surface area contributed by atoms with Gasteiger partial charge in [0.1, 0.15) is 0 Å². The molecule has 0 saturated carbocycles. The normalized spacial score (nSPS) is 15.6. The fraction of sp³-hybridized carbons (Fsp3) is 0.846. The van der Waals surface area contributed by atoms with Crippen LogP contribution < -0.4 is 0 Å². The van der Waals surface area contributed by atoms with E-state index in [4.69, 9.17) is 0 Å². The Bertz CT molecular complexity index is 260. The van der Waals surface area contributed by atoms with Crippen molar-refractivity contribution in [2.45, 2.75) is 47.1 Å². The van der Waals surface area contributed by atoms with Gasteiger partial charge in [-0.05, 0) is 19.3 Å². The predicted octanol–water partition coefficient (Wildman–Crippen LogP) is 2.38. The number of hydrogen-bond acceptors (Lipinski definition) is 2. The van der Waals surface area contributed by atoms with Crippen LogP contribution in [0.5, 0.6) is 0 Å². The van der Waals surface area contributed by atoms with E-state index >= 15 is 0 Å². The molecule has 0 aliphatic carbocycles. The largest absolute Gasteiger partial charge is 0.325 e. The number of carbonyl (C=O) groups is 2. The first kappa shape index (κ1) is 15.9. The molecule has 1 atom stereocenters. The average Bonchev–Trinajstić information content (AvgIpc) is 2.16. The molecule has 0 aromatic carbocycles. The van der Waals surface area contributed by atoms with Crippen LogP contribution in [0.4, 0.5) is 4.79 Å². The second-order valence-corrected chi connectivity index (χ2v) is 4.53. The highest BCUT2D eigenvalue weighted by molar-refractivity contribution is 5.87. The van der Waals surface area contributed by atoms with Crippen LogP contribution in [0.3, 0.4) is 0 Å². The number of Topliss-reactive ketones (excluding diaryl/α,β-unsaturated/α-hetero) is 1. The van der Waals surface area contributed by atoms with Crippen molar-refractivity contribution in [2.75, 3.05) is 20.1 Å². The highest BCUT2D eigenvalue weighted by Gasteiger charge is 2.31. The van der Waals surface area contributed by atoms with Gasteiger partial charge in [-0.3, -0.25) is 4.79 Å². The monoisotopic (exact) mass is 242 g/mol. The molecule has 0 spiro atoms. The van der Waals surface area contributed by atoms with E-state index in [-0.39, 0.29) is 23.8 Å². The third-order valence-corrected chi connectivity index (χ3v) is 2.89. The highest BCUT2D eigenvalue weighted by Crippen LogP contribution is 2.15. The second-order valence-electron chi connectivity index (χ2n) is 4.53. The Kier molecular flexibility index (Phi) is 6.85. The first-order valence-electron chi connectivity index (χ1n) is 6.47. The van der Waals surface area contributed by atoms with E-state index in [1.54, 1.807) is 23.8 Å². The molecule has 4 nitrogen and oxygen atoms in total. The van der Waals surface area contributed by atoms with Gasteiger partial charge in [0.2, 0.25) is 0 Å². The maximum absolute atomic E-state index is 11.9. The Balaban J connectivity index is 0.00000121. The Labute approximate surface area is 105 Å². The summed E-state index contributed by atoms with van der Waals surface area (Å²) in [6.45, 7) is 11.1. The number of nitrogens with zero attached hydrogens (tertiary/aromatic N) is 2. The zero-order valence-corrected chi connectivity index (χ0v) is 12.0. The minimum absolute atomic E-state index is 0.0184. The van der Waals surface area contributed by atoms with Crippen LogP contribution in [0.1, 0.15) is 41.0 Å². The van der Waals surface area contributed by atoms with Gasteiger partial charge < -0.3 is 9.80 Å². The van der Waals surface area contributed by atoms with E-state index in [0.717, 1.165) is 19.5 Å². The number of urea groups is 1. The summed E-state index contributed by atoms with van der Waals surface area (Å²) in [6.07, 6.45) is 1.08. The minimum Gasteiger partial charge on any atom is -0.325 e. The van der Waals surface area contributed by atoms with Gasteiger partial charge in [-0.2, -0.15) is 0 Å². The van der Waals surface area contributed by atoms with Gasteiger partial charge in [-0.1, -0.05) is 27.7 Å². The standard InChI is InChI=1S/C11H20N2O2.C2H6/c1-8(2)10(9(3)14)12(4)11(15)13-6-5-7-13;1-2/h8,10H,5-7H2,1-4H3;1-2H3. The summed E-state index contributed by atoms with van der Waals surface area (Å²) in [4.78, 5) is 26.7. The lowest BCUT2D eigenvalue weighted by atomic mass is 9.99. The molecule has 100 valence electrons. The average molecular weight is 242 g/mol. The fourth-order valence-corrected chi connectivity index (χ4v) is 2.04. The Morgan fingerprint density at radius 1 is 1.18 bits per heavy atom. The lowest BCUT2D eigenvalue weighted by Gasteiger charge is -2.38. The lowest BCUT2D eigenvalue weighted by molar-refractivity contribution is -0.122. The summed E-state index contributed by atoms with van der Waals surface area (Å²) in [5.74, 6) is 0.221. The molecule has 0 radical (unpaired) electrons. The molecular weight excluding hydrogens is 216 g/mol. The zero-order chi connectivity index (χ0) is 13.6. The van der Waals surface area contributed by atoms with Crippen LogP contribution in [0.2, 0.25) is 0 Å². The van der Waals surface area contributed by atoms with Crippen LogP contribution in [-0.2, 0) is 4.79 Å². The van der Waals surface area contributed by atoms with Gasteiger partial charge in [-0.25, -0.2) is 4.79 Å². The number of hydrogen-bond donors (Lipinski definition) is 0. The van der Waals surface area contributed by atoms with Crippen LogP contribution >= 0.6 is 0 Å². The molecule has 0 aromatic rings. The second kappa shape index (κ2) is 7.30. The summed E-state index contributed by atoms with van der Waals surface area (Å²) in [7, 11) is 1.72. The number of likely N-dealkylation sites (tertiary alicyclic amines) is 1. The van der Waals surface area contributed by atoms with Gasteiger partial charge in [0.25, 0.3) is 0 Å². The number of likely N-dealkylation sites (N-methyl/N-ethyl adjacent to an activating group) is 1. The van der Waals surface area contributed by atoms with E-state index in [1.807, 2.05) is 27.7 Å². The zero-order valence-electron chi connectivity index (χ0n) is 12.0. The Hall–Kier alpha value is -1.06. The summed E-state index contributed by atoms with van der Waals surface area (Å²) in [5.41, 5.74) is 0. The molecule has 4 heteroatoms. The molecule has 0 N–H and O–H groups in total. The summed E-state index contributed by atoms with van der Waals surface area (Å²) >= 11 is 0. The number of amides is 2. The van der Waals surface area contributed by atoms with Gasteiger partial charge in [0, 0.05) is 20.1 Å². The molecule has 1 saturated heterocycles. The summed E-state index contributed by atoms with van der Waals surface area (Å²) in [6, 6.07) is -0.312. The molecule has 1 aliphatic heterocycles. The fourth-order valence-electron chi connectivity index (χ4n) is 2.04. The molecule has 0 bridgehead atoms. The van der Waals surface area contributed by atoms with Gasteiger partial charge in [0.15, 0.2) is 5.78 Å². The molecule has 1 unspecified atom stereocenters. The van der Waals surface area contributed by atoms with Crippen LogP contribution in [0, 0.1) is 5.92 Å². The van der Waals surface area contributed by atoms with E-state index in [0.29, 0.717) is 0 Å². The van der Waals surface area contributed by atoms with E-state index in [9.17, 15) is 9.59 Å². The smallest absolute Gasteiger partial charge is 0.320 e. The highest BCUT2D eigenvalue weighted by atomic mass is 16.2. The maximum atomic E-state index is 11.9. The molecule has 1 fully saturated rings. The Morgan fingerprint density at radius 3 is 1.88 bits per heavy atom. The molecule has 17 heavy (non-hydrogen) atoms. The van der Waals surface area contributed by atoms with E-state index in [2.05, 4.69) is 0 Å². The number of carbonyl (C=O) groups excluding carboxylic acids is 2. The van der Waals surface area contributed by atoms with Crippen molar-refractivity contribution in [2.24, 2.45) is 5.92 Å². The van der Waals surface area contributed by atoms with Crippen LogP contribution in [0.15, 0.2) is 0 Å². The first-order chi connectivity index (χ1) is 7.95. The molecule has 1 heterocycles. The molecule has 0 aromatic heterocycles. The number of ketones is 1. The SMILES string of the molecule is CC.CC(=O)C(C(C)C)N(C)C(=O)N1CCC1. The summed E-state index contributed by atoms with van der Waals surface area (Å²) in [5, 5.41) is 0. The van der Waals surface area contributed by atoms with E-state index < -0.39 is 0 Å². The van der Waals surface area contributed by atoms with Crippen molar-refractivity contribution in [3.63, 3.8) is 0 Å². The minimum atomic E-state index is -0.293. The van der Waals surface area contributed by atoms with Gasteiger partial charge in [-0.15, -0.1) is 0 Å². The topological polar surface area (TPSA) is 40.6 Å². The van der Waals surface area contributed by atoms with Crippen molar-refractivity contribution in [3.05, 3.63) is 0 Å². The molecule has 2 amide bonds. The third-order valence-electron chi connectivity index (χ3n) is 2.89. The summed E-state index contributed by atoms with van der Waals surface area (Å²) < 4.78 is 0. The first-order valence-corrected chi connectivity index (χ1v) is 6.47. The maximum Gasteiger partial charge on any atom is 0.320 e. The van der Waals surface area contributed by atoms with Crippen molar-refractivity contribution < 1.29 is 9.59 Å². The van der Waals surface area contributed by atoms with E-state index in [1.165, 1.54) is 0 Å². The lowest BCUT2D eigenvalue weighted by Crippen LogP contribution is -2.54. The van der Waals surface area contributed by atoms with Crippen molar-refractivity contribution in [1.29, 1.82) is 0 Å². The quantitative estimate of drug-likeness (QED) is 0.762. The predicted molar refractivity (Wildman–Crippen MR) is 70.0 cm³/mol. The van der Waals surface area contributed by atoms with Gasteiger partial charge >= 0.3 is 6.03 Å². The number of rotatable bonds is 3. The van der Waals surface area contributed by atoms with Crippen LogP contribution in [-0.4, -0.2) is 47.8 Å². The van der Waals surface area contributed by atoms with Gasteiger partial charge in [0.05, 0.1) is 6.04 Å². The van der Waals surface area contributed by atoms with Crippen LogP contribution in [0.25, 0.3) is 0 Å². The third kappa shape index (κ3) is 4.02.